The van der Waals surface area contributed by atoms with Crippen molar-refractivity contribution >= 4 is 69.0 Å². The molecule has 5 aromatic rings. The molecule has 1 aromatic heterocycles. The summed E-state index contributed by atoms with van der Waals surface area (Å²) in [6.45, 7) is 7.71. The van der Waals surface area contributed by atoms with Crippen LogP contribution in [0.1, 0.15) is 94.2 Å². The number of Topliss-reactive ketones (excluding diaryl/α,β-unsaturated/α-hetero) is 1. The molecule has 1 saturated heterocycles. The number of ketones is 1. The van der Waals surface area contributed by atoms with Crippen LogP contribution in [0.3, 0.4) is 0 Å². The van der Waals surface area contributed by atoms with Crippen LogP contribution in [0, 0.1) is 16.7 Å². The molecule has 1 amide bonds. The Kier molecular flexibility index (Phi) is 16.3. The van der Waals surface area contributed by atoms with Crippen LogP contribution < -0.4 is 20.5 Å². The average molecular weight is 1110 g/mol. The van der Waals surface area contributed by atoms with Gasteiger partial charge in [0.2, 0.25) is 11.3 Å². The summed E-state index contributed by atoms with van der Waals surface area (Å²) in [7, 11) is 10.4. The standard InChI is InChI=1S/C63H73N3O15/c1-35-45(33-63(74)57(80-58(72)38-23-17-13-18-24-38)55-61(5,56(71)54(76-11)50(35)60(63,3)4)46(75-10)32-47-62(55,34-77-47)81-36(2)67)79-59(73)53(70)51(37-21-15-12-16-22-37)64-48(68)26-20-14-19-25-39-29-41(66(8)9)31-44-49(39)52(69)42-28-27-40(65(6)7)30-43(42)78-44/h12-13,15-19,21-25,27-31,45-47,51,53-55,57,70,74H,14,20,26,32-34H2,1-11H3,(H,64,68)/b25-19+/t45-,46-,47+,51-,53+,54+,55-,57-,61+,62-,63+/m0/s1. The molecule has 2 bridgehead atoms. The number of aliphatic hydroxyl groups excluding tert-OH is 1. The number of methoxy groups -OCH3 is 2. The minimum Gasteiger partial charge on any atom is -0.456 e. The molecular weight excluding hydrogens is 1040 g/mol. The maximum absolute atomic E-state index is 15.8. The summed E-state index contributed by atoms with van der Waals surface area (Å²) in [5, 5.41) is 29.8. The van der Waals surface area contributed by atoms with Crippen LogP contribution in [0.15, 0.2) is 117 Å². The van der Waals surface area contributed by atoms with E-state index in [1.807, 2.05) is 74.4 Å². The quantitative estimate of drug-likeness (QED) is 0.0270. The number of carbonyl (C=O) groups is 5. The molecule has 18 nitrogen and oxygen atoms in total. The molecule has 0 radical (unpaired) electrons. The van der Waals surface area contributed by atoms with E-state index in [1.54, 1.807) is 94.4 Å². The van der Waals surface area contributed by atoms with Gasteiger partial charge >= 0.3 is 17.9 Å². The predicted octanol–water partition coefficient (Wildman–Crippen LogP) is 7.43. The number of amides is 1. The Morgan fingerprint density at radius 2 is 1.53 bits per heavy atom. The van der Waals surface area contributed by atoms with Crippen LogP contribution in [-0.4, -0.2) is 137 Å². The molecule has 4 aromatic carbocycles. The van der Waals surface area contributed by atoms with Crippen molar-refractivity contribution in [3.8, 4) is 0 Å². The summed E-state index contributed by atoms with van der Waals surface area (Å²) in [5.74, 6) is -5.05. The normalized spacial score (nSPS) is 27.4. The van der Waals surface area contributed by atoms with E-state index in [4.69, 9.17) is 32.8 Å². The Morgan fingerprint density at radius 3 is 2.15 bits per heavy atom. The van der Waals surface area contributed by atoms with Crippen LogP contribution in [0.4, 0.5) is 11.4 Å². The second kappa shape index (κ2) is 22.6. The highest BCUT2D eigenvalue weighted by molar-refractivity contribution is 5.98. The van der Waals surface area contributed by atoms with Crippen molar-refractivity contribution < 1.29 is 67.0 Å². The number of esters is 3. The number of ether oxygens (including phenoxy) is 6. The number of aliphatic hydroxyl groups is 2. The maximum Gasteiger partial charge on any atom is 0.338 e. The molecule has 3 aliphatic carbocycles. The van der Waals surface area contributed by atoms with Crippen molar-refractivity contribution in [2.45, 2.75) is 121 Å². The first-order valence-electron chi connectivity index (χ1n) is 27.3. The second-order valence-corrected chi connectivity index (χ2v) is 23.0. The lowest BCUT2D eigenvalue weighted by molar-refractivity contribution is -0.347. The Hall–Kier alpha value is -7.22. The number of rotatable bonds is 17. The maximum atomic E-state index is 15.8. The van der Waals surface area contributed by atoms with Gasteiger partial charge < -0.3 is 58.2 Å². The summed E-state index contributed by atoms with van der Waals surface area (Å²) >= 11 is 0. The van der Waals surface area contributed by atoms with E-state index in [-0.39, 0.29) is 36.0 Å². The fourth-order valence-electron chi connectivity index (χ4n) is 13.1. The number of nitrogens with one attached hydrogen (secondary N) is 1. The van der Waals surface area contributed by atoms with Gasteiger partial charge in [-0.05, 0) is 79.3 Å². The van der Waals surface area contributed by atoms with E-state index in [0.717, 1.165) is 11.4 Å². The first kappa shape index (κ1) is 58.4. The lowest BCUT2D eigenvalue weighted by atomic mass is 9.44. The van der Waals surface area contributed by atoms with Gasteiger partial charge in [0.05, 0.1) is 46.4 Å². The van der Waals surface area contributed by atoms with Gasteiger partial charge in [0.1, 0.15) is 41.2 Å². The summed E-state index contributed by atoms with van der Waals surface area (Å²) in [5.41, 5.74) is -2.83. The predicted molar refractivity (Wildman–Crippen MR) is 303 cm³/mol. The molecular formula is C63H73N3O15. The van der Waals surface area contributed by atoms with E-state index in [9.17, 15) is 34.2 Å². The van der Waals surface area contributed by atoms with Gasteiger partial charge in [0, 0.05) is 97.5 Å². The molecule has 11 atom stereocenters. The van der Waals surface area contributed by atoms with Gasteiger partial charge in [0.25, 0.3) is 0 Å². The van der Waals surface area contributed by atoms with Gasteiger partial charge in [-0.1, -0.05) is 74.5 Å². The number of allylic oxidation sites excluding steroid dienone is 1. The van der Waals surface area contributed by atoms with Gasteiger partial charge in [-0.2, -0.15) is 0 Å². The molecule has 2 heterocycles. The van der Waals surface area contributed by atoms with Crippen LogP contribution in [-0.2, 0) is 47.6 Å². The summed E-state index contributed by atoms with van der Waals surface area (Å²) in [4.78, 5) is 89.9. The number of hydrogen-bond acceptors (Lipinski definition) is 17. The molecule has 3 fully saturated rings. The lowest BCUT2D eigenvalue weighted by Crippen LogP contribution is -2.82. The number of fused-ring (bicyclic) bond motifs is 7. The highest BCUT2D eigenvalue weighted by Gasteiger charge is 2.78. The minimum absolute atomic E-state index is 0.00880. The van der Waals surface area contributed by atoms with Crippen molar-refractivity contribution in [1.29, 1.82) is 0 Å². The average Bonchev–Trinajstić information content (AvgIpc) is 2.76. The number of anilines is 2. The van der Waals surface area contributed by atoms with Crippen LogP contribution in [0.25, 0.3) is 28.0 Å². The molecule has 9 rings (SSSR count). The van der Waals surface area contributed by atoms with Crippen LogP contribution in [0.2, 0.25) is 0 Å². The molecule has 3 N–H and O–H groups in total. The number of unbranched alkanes of at least 4 members (excludes halogenated alkanes) is 1. The molecule has 0 unspecified atom stereocenters. The number of carbonyl (C=O) groups excluding carboxylic acids is 5. The zero-order chi connectivity index (χ0) is 58.5. The Bertz CT molecular complexity index is 3370. The van der Waals surface area contributed by atoms with Crippen molar-refractivity contribution in [3.05, 3.63) is 135 Å². The third kappa shape index (κ3) is 10.2. The Morgan fingerprint density at radius 1 is 0.864 bits per heavy atom. The third-order valence-electron chi connectivity index (χ3n) is 17.6. The third-order valence-corrected chi connectivity index (χ3v) is 17.6. The summed E-state index contributed by atoms with van der Waals surface area (Å²) in [6, 6.07) is 24.5. The molecule has 81 heavy (non-hydrogen) atoms. The van der Waals surface area contributed by atoms with E-state index < -0.39 is 107 Å². The van der Waals surface area contributed by atoms with E-state index in [0.29, 0.717) is 51.5 Å². The van der Waals surface area contributed by atoms with Crippen molar-refractivity contribution in [3.63, 3.8) is 0 Å². The van der Waals surface area contributed by atoms with Gasteiger partial charge in [-0.3, -0.25) is 19.2 Å². The van der Waals surface area contributed by atoms with Crippen LogP contribution >= 0.6 is 0 Å². The monoisotopic (exact) mass is 1110 g/mol. The largest absolute Gasteiger partial charge is 0.456 e. The molecule has 4 aliphatic rings. The Labute approximate surface area is 470 Å². The molecule has 0 spiro atoms. The van der Waals surface area contributed by atoms with Gasteiger partial charge in [-0.25, -0.2) is 9.59 Å². The van der Waals surface area contributed by atoms with Crippen LogP contribution in [0.5, 0.6) is 0 Å². The first-order chi connectivity index (χ1) is 38.4. The second-order valence-electron chi connectivity index (χ2n) is 23.0. The summed E-state index contributed by atoms with van der Waals surface area (Å²) < 4.78 is 43.7. The van der Waals surface area contributed by atoms with Gasteiger partial charge in [-0.15, -0.1) is 0 Å². The SMILES string of the molecule is CO[C@H]1C(=O)[C@]2(C)[C@@H](OC)C[C@H]3OC[C@@]3(OC(C)=O)[C@H]2[C@H](OC(=O)c2ccccc2)[C@]2(O)C[C@H](OC(=O)[C@H](O)[C@@H](NC(=O)CCC/C=C/c3cc(N(C)C)cc4oc5cc(N(C)C)ccc5c(=O)c34)c3ccccc3)C(C)=C1C2(C)C. The molecule has 1 aliphatic heterocycles. The van der Waals surface area contributed by atoms with Gasteiger partial charge in [0.15, 0.2) is 17.5 Å². The minimum atomic E-state index is -2.25. The van der Waals surface area contributed by atoms with E-state index in [1.165, 1.54) is 21.1 Å². The zero-order valence-corrected chi connectivity index (χ0v) is 47.8. The Balaban J connectivity index is 1.00. The van der Waals surface area contributed by atoms with Crippen molar-refractivity contribution in [1.82, 2.24) is 5.32 Å². The topological polar surface area (TPSA) is 230 Å². The molecule has 2 saturated carbocycles. The highest BCUT2D eigenvalue weighted by atomic mass is 16.6. The lowest BCUT2D eigenvalue weighted by Gasteiger charge is -2.67. The van der Waals surface area contributed by atoms with Crippen molar-refractivity contribution in [2.24, 2.45) is 16.7 Å². The smallest absolute Gasteiger partial charge is 0.338 e. The fourth-order valence-corrected chi connectivity index (χ4v) is 13.1. The molecule has 18 heteroatoms. The summed E-state index contributed by atoms with van der Waals surface area (Å²) in [6.07, 6.45) is -4.10. The zero-order valence-electron chi connectivity index (χ0n) is 47.8. The molecule has 430 valence electrons. The highest BCUT2D eigenvalue weighted by Crippen LogP contribution is 2.65. The van der Waals surface area contributed by atoms with Crippen molar-refractivity contribution in [2.75, 3.05) is 58.8 Å². The number of benzene rings is 4. The van der Waals surface area contributed by atoms with E-state index in [2.05, 4.69) is 5.32 Å². The van der Waals surface area contributed by atoms with E-state index >= 15 is 4.79 Å². The number of nitrogens with zero attached hydrogens (tertiary/aromatic N) is 2. The first-order valence-corrected chi connectivity index (χ1v) is 27.3. The number of hydrogen-bond donors (Lipinski definition) is 3. The fraction of sp³-hybridized carbons (Fsp3) is 0.460.